The van der Waals surface area contributed by atoms with Gasteiger partial charge in [0, 0.05) is 43.8 Å². The monoisotopic (exact) mass is 702 g/mol. The highest BCUT2D eigenvalue weighted by molar-refractivity contribution is 6.26. The molecule has 0 unspecified atom stereocenters. The molecule has 3 nitrogen and oxygen atoms in total. The molecule has 3 aromatic heterocycles. The number of furan rings is 3. The Balaban J connectivity index is 1.15. The summed E-state index contributed by atoms with van der Waals surface area (Å²) in [5.41, 5.74) is 12.1. The van der Waals surface area contributed by atoms with Crippen molar-refractivity contribution in [2.45, 2.75) is 0 Å². The lowest BCUT2D eigenvalue weighted by Crippen LogP contribution is -1.91. The van der Waals surface area contributed by atoms with Gasteiger partial charge in [0.15, 0.2) is 0 Å². The van der Waals surface area contributed by atoms with Crippen molar-refractivity contribution in [3.63, 3.8) is 0 Å². The number of hydrogen-bond donors (Lipinski definition) is 0. The van der Waals surface area contributed by atoms with Gasteiger partial charge in [-0.25, -0.2) is 0 Å². The fourth-order valence-electron chi connectivity index (χ4n) is 8.93. The number of benzene rings is 9. The predicted molar refractivity (Wildman–Crippen MR) is 228 cm³/mol. The van der Waals surface area contributed by atoms with Gasteiger partial charge in [-0.15, -0.1) is 0 Å². The van der Waals surface area contributed by atoms with Crippen LogP contribution in [0.25, 0.3) is 121 Å². The van der Waals surface area contributed by atoms with Crippen molar-refractivity contribution in [3.05, 3.63) is 182 Å². The first kappa shape index (κ1) is 30.1. The maximum Gasteiger partial charge on any atom is 0.147 e. The van der Waals surface area contributed by atoms with Gasteiger partial charge in [-0.3, -0.25) is 0 Å². The number of para-hydroxylation sites is 2. The zero-order chi connectivity index (χ0) is 36.0. The van der Waals surface area contributed by atoms with E-state index in [1.54, 1.807) is 0 Å². The molecule has 0 saturated heterocycles. The summed E-state index contributed by atoms with van der Waals surface area (Å²) in [5.74, 6) is 0.854. The van der Waals surface area contributed by atoms with Gasteiger partial charge >= 0.3 is 0 Å². The Morgan fingerprint density at radius 2 is 0.855 bits per heavy atom. The van der Waals surface area contributed by atoms with E-state index in [1.165, 1.54) is 32.7 Å². The summed E-state index contributed by atoms with van der Waals surface area (Å²) in [6.45, 7) is 0. The molecule has 0 fully saturated rings. The van der Waals surface area contributed by atoms with Gasteiger partial charge in [-0.05, 0) is 68.6 Å². The third-order valence-corrected chi connectivity index (χ3v) is 11.3. The molecule has 0 radical (unpaired) electrons. The summed E-state index contributed by atoms with van der Waals surface area (Å²) in [7, 11) is 0. The molecule has 0 aliphatic rings. The molecule has 12 aromatic rings. The van der Waals surface area contributed by atoms with E-state index < -0.39 is 0 Å². The van der Waals surface area contributed by atoms with Crippen LogP contribution in [0.5, 0.6) is 0 Å². The first-order valence-electron chi connectivity index (χ1n) is 18.7. The van der Waals surface area contributed by atoms with Gasteiger partial charge in [-0.1, -0.05) is 152 Å². The molecule has 12 rings (SSSR count). The van der Waals surface area contributed by atoms with Gasteiger partial charge in [0.05, 0.1) is 5.39 Å². The molecule has 0 aliphatic carbocycles. The Morgan fingerprint density at radius 3 is 1.58 bits per heavy atom. The quantitative estimate of drug-likeness (QED) is 0.171. The second-order valence-corrected chi connectivity index (χ2v) is 14.3. The van der Waals surface area contributed by atoms with Crippen LogP contribution in [-0.4, -0.2) is 0 Å². The summed E-state index contributed by atoms with van der Waals surface area (Å²) in [4.78, 5) is 0. The van der Waals surface area contributed by atoms with Crippen LogP contribution in [-0.2, 0) is 0 Å². The third kappa shape index (κ3) is 4.38. The zero-order valence-corrected chi connectivity index (χ0v) is 29.5. The SMILES string of the molecule is c1ccc(-c2oc3c(ccc4oc5ccc(-c6c7ccccc7c(-c7cccc8c7oc7ccccc78)c7ccccc67)cc5c43)c2-c2ccccc2)cc1. The Bertz CT molecular complexity index is 3420. The molecular weight excluding hydrogens is 673 g/mol. The molecule has 55 heavy (non-hydrogen) atoms. The summed E-state index contributed by atoms with van der Waals surface area (Å²) < 4.78 is 20.1. The van der Waals surface area contributed by atoms with Crippen molar-refractivity contribution in [2.75, 3.05) is 0 Å². The average molecular weight is 703 g/mol. The van der Waals surface area contributed by atoms with E-state index in [0.29, 0.717) is 0 Å². The van der Waals surface area contributed by atoms with E-state index in [-0.39, 0.29) is 0 Å². The van der Waals surface area contributed by atoms with Gasteiger partial charge in [-0.2, -0.15) is 0 Å². The first-order chi connectivity index (χ1) is 27.3. The van der Waals surface area contributed by atoms with Crippen LogP contribution in [0.15, 0.2) is 195 Å². The molecule has 0 saturated carbocycles. The van der Waals surface area contributed by atoms with E-state index in [0.717, 1.165) is 88.4 Å². The van der Waals surface area contributed by atoms with Gasteiger partial charge < -0.3 is 13.3 Å². The van der Waals surface area contributed by atoms with Crippen molar-refractivity contribution in [1.82, 2.24) is 0 Å². The number of fused-ring (bicyclic) bond motifs is 10. The highest BCUT2D eigenvalue weighted by Crippen LogP contribution is 2.49. The molecule has 9 aromatic carbocycles. The van der Waals surface area contributed by atoms with Gasteiger partial charge in [0.25, 0.3) is 0 Å². The Hall–Kier alpha value is -7.36. The Kier molecular flexibility index (Phi) is 6.34. The summed E-state index contributed by atoms with van der Waals surface area (Å²) >= 11 is 0. The lowest BCUT2D eigenvalue weighted by molar-refractivity contribution is 0.634. The van der Waals surface area contributed by atoms with Crippen LogP contribution in [0.2, 0.25) is 0 Å². The molecule has 0 aliphatic heterocycles. The van der Waals surface area contributed by atoms with Crippen LogP contribution >= 0.6 is 0 Å². The molecule has 256 valence electrons. The first-order valence-corrected chi connectivity index (χ1v) is 18.7. The third-order valence-electron chi connectivity index (χ3n) is 11.3. The minimum absolute atomic E-state index is 0.802. The van der Waals surface area contributed by atoms with Crippen LogP contribution in [0, 0.1) is 0 Å². The van der Waals surface area contributed by atoms with E-state index in [4.69, 9.17) is 13.3 Å². The maximum absolute atomic E-state index is 6.96. The minimum Gasteiger partial charge on any atom is -0.456 e. The largest absolute Gasteiger partial charge is 0.456 e. The maximum atomic E-state index is 6.96. The minimum atomic E-state index is 0.802. The smallest absolute Gasteiger partial charge is 0.147 e. The van der Waals surface area contributed by atoms with Crippen molar-refractivity contribution in [1.29, 1.82) is 0 Å². The average Bonchev–Trinajstić information content (AvgIpc) is 3.95. The highest BCUT2D eigenvalue weighted by Gasteiger charge is 2.24. The fraction of sp³-hybridized carbons (Fsp3) is 0. The lowest BCUT2D eigenvalue weighted by atomic mass is 9.85. The zero-order valence-electron chi connectivity index (χ0n) is 29.5. The van der Waals surface area contributed by atoms with Crippen molar-refractivity contribution in [2.24, 2.45) is 0 Å². The number of hydrogen-bond acceptors (Lipinski definition) is 3. The predicted octanol–water partition coefficient (Wildman–Crippen LogP) is 15.2. The molecular formula is C52H30O3. The van der Waals surface area contributed by atoms with Crippen LogP contribution < -0.4 is 0 Å². The highest BCUT2D eigenvalue weighted by atomic mass is 16.3. The lowest BCUT2D eigenvalue weighted by Gasteiger charge is -2.18. The topological polar surface area (TPSA) is 39.4 Å². The normalized spacial score (nSPS) is 12.0. The summed E-state index contributed by atoms with van der Waals surface area (Å²) in [5, 5.41) is 10.0. The molecule has 3 heteroatoms. The standard InChI is InChI=1S/C52H30O3/c1-3-14-31(15-4-1)47-41-27-29-45-49(52(41)55-50(47)32-16-5-2-6-17-32)42-30-33(26-28-44(42)53-45)46-35-19-7-9-21-37(35)48(38-22-10-8-20-36(38)46)40-24-13-23-39-34-18-11-12-25-43(34)54-51(39)40/h1-30H. The molecule has 0 N–H and O–H groups in total. The molecule has 0 atom stereocenters. The van der Waals surface area contributed by atoms with Crippen molar-refractivity contribution < 1.29 is 13.3 Å². The Morgan fingerprint density at radius 1 is 0.273 bits per heavy atom. The Labute approximate surface area is 315 Å². The van der Waals surface area contributed by atoms with Gasteiger partial charge in [0.2, 0.25) is 0 Å². The summed E-state index contributed by atoms with van der Waals surface area (Å²) in [6.07, 6.45) is 0. The van der Waals surface area contributed by atoms with E-state index in [2.05, 4.69) is 170 Å². The molecule has 0 bridgehead atoms. The molecule has 0 spiro atoms. The van der Waals surface area contributed by atoms with Crippen LogP contribution in [0.4, 0.5) is 0 Å². The second kappa shape index (κ2) is 11.6. The fourth-order valence-corrected chi connectivity index (χ4v) is 8.93. The number of rotatable bonds is 4. The van der Waals surface area contributed by atoms with Crippen molar-refractivity contribution >= 4 is 76.4 Å². The molecule has 3 heterocycles. The van der Waals surface area contributed by atoms with Gasteiger partial charge in [0.1, 0.15) is 33.7 Å². The second-order valence-electron chi connectivity index (χ2n) is 14.3. The van der Waals surface area contributed by atoms with Crippen LogP contribution in [0.1, 0.15) is 0 Å². The van der Waals surface area contributed by atoms with Crippen LogP contribution in [0.3, 0.4) is 0 Å². The molecule has 0 amide bonds. The summed E-state index contributed by atoms with van der Waals surface area (Å²) in [6, 6.07) is 64.1. The van der Waals surface area contributed by atoms with E-state index >= 15 is 0 Å². The van der Waals surface area contributed by atoms with Crippen molar-refractivity contribution in [3.8, 4) is 44.7 Å². The van der Waals surface area contributed by atoms with E-state index in [9.17, 15) is 0 Å². The van der Waals surface area contributed by atoms with E-state index in [1.807, 2.05) is 12.1 Å².